The second kappa shape index (κ2) is 16.2. The lowest BCUT2D eigenvalue weighted by Crippen LogP contribution is -2.60. The lowest BCUT2D eigenvalue weighted by molar-refractivity contribution is -0.143. The number of aliphatic hydroxyl groups is 1. The largest absolute Gasteiger partial charge is 0.480 e. The van der Waals surface area contributed by atoms with Crippen LogP contribution in [0.4, 0.5) is 0 Å². The molecule has 11 nitrogen and oxygen atoms in total. The van der Waals surface area contributed by atoms with E-state index in [1.807, 2.05) is 30.3 Å². The minimum atomic E-state index is -1.46. The molecule has 0 spiro atoms. The van der Waals surface area contributed by atoms with Crippen molar-refractivity contribution in [3.63, 3.8) is 0 Å². The lowest BCUT2D eigenvalue weighted by Gasteiger charge is -2.26. The number of carbonyl (C=O) groups excluding carboxylic acids is 3. The summed E-state index contributed by atoms with van der Waals surface area (Å²) in [7, 11) is 0. The Morgan fingerprint density at radius 3 is 1.82 bits per heavy atom. The number of benzene rings is 2. The highest BCUT2D eigenvalue weighted by atomic mass is 16.4. The third-order valence-electron chi connectivity index (χ3n) is 6.17. The van der Waals surface area contributed by atoms with E-state index in [1.54, 1.807) is 30.3 Å². The van der Waals surface area contributed by atoms with E-state index in [4.69, 9.17) is 11.5 Å². The first-order chi connectivity index (χ1) is 18.6. The maximum atomic E-state index is 13.2. The quantitative estimate of drug-likeness (QED) is 0.142. The highest BCUT2D eigenvalue weighted by Gasteiger charge is 2.32. The van der Waals surface area contributed by atoms with Gasteiger partial charge in [0.2, 0.25) is 17.7 Å². The van der Waals surface area contributed by atoms with Gasteiger partial charge in [-0.15, -0.1) is 0 Å². The highest BCUT2D eigenvalue weighted by molar-refractivity contribution is 5.94. The van der Waals surface area contributed by atoms with Crippen LogP contribution < -0.4 is 27.4 Å². The van der Waals surface area contributed by atoms with Gasteiger partial charge in [-0.1, -0.05) is 60.7 Å². The average molecular weight is 542 g/mol. The number of aliphatic hydroxyl groups excluding tert-OH is 1. The number of carbonyl (C=O) groups is 4. The van der Waals surface area contributed by atoms with Crippen molar-refractivity contribution in [3.05, 3.63) is 71.8 Å². The highest BCUT2D eigenvalue weighted by Crippen LogP contribution is 2.08. The summed E-state index contributed by atoms with van der Waals surface area (Å²) in [5.74, 6) is -3.38. The normalized spacial score (nSPS) is 14.8. The van der Waals surface area contributed by atoms with Crippen LogP contribution in [0.5, 0.6) is 0 Å². The molecule has 3 amide bonds. The Morgan fingerprint density at radius 2 is 1.31 bits per heavy atom. The average Bonchev–Trinajstić information content (AvgIpc) is 2.91. The van der Waals surface area contributed by atoms with Crippen LogP contribution >= 0.6 is 0 Å². The second-order valence-electron chi connectivity index (χ2n) is 9.46. The monoisotopic (exact) mass is 541 g/mol. The fourth-order valence-electron chi connectivity index (χ4n) is 3.97. The van der Waals surface area contributed by atoms with Gasteiger partial charge in [-0.25, -0.2) is 4.79 Å². The van der Waals surface area contributed by atoms with Gasteiger partial charge in [0.25, 0.3) is 0 Å². The van der Waals surface area contributed by atoms with Crippen LogP contribution in [0.1, 0.15) is 37.3 Å². The van der Waals surface area contributed by atoms with E-state index < -0.39 is 54.0 Å². The van der Waals surface area contributed by atoms with Crippen molar-refractivity contribution in [2.45, 2.75) is 69.3 Å². The third kappa shape index (κ3) is 10.8. The van der Waals surface area contributed by atoms with E-state index in [-0.39, 0.29) is 19.3 Å². The molecule has 2 aromatic rings. The van der Waals surface area contributed by atoms with Crippen LogP contribution in [0.3, 0.4) is 0 Å². The molecule has 0 fully saturated rings. The minimum absolute atomic E-state index is 0.0134. The summed E-state index contributed by atoms with van der Waals surface area (Å²) in [4.78, 5) is 50.7. The van der Waals surface area contributed by atoms with Crippen molar-refractivity contribution in [3.8, 4) is 0 Å². The number of carboxylic acids is 1. The fourth-order valence-corrected chi connectivity index (χ4v) is 3.97. The van der Waals surface area contributed by atoms with Crippen molar-refractivity contribution < 1.29 is 29.4 Å². The van der Waals surface area contributed by atoms with Crippen molar-refractivity contribution in [1.29, 1.82) is 0 Å². The van der Waals surface area contributed by atoms with Crippen LogP contribution in [0.2, 0.25) is 0 Å². The zero-order chi connectivity index (χ0) is 28.8. The van der Waals surface area contributed by atoms with Gasteiger partial charge < -0.3 is 37.6 Å². The molecule has 5 unspecified atom stereocenters. The van der Waals surface area contributed by atoms with E-state index in [0.29, 0.717) is 24.9 Å². The molecule has 0 saturated carbocycles. The predicted octanol–water partition coefficient (Wildman–Crippen LogP) is -0.152. The fraction of sp³-hybridized carbons (Fsp3) is 0.429. The number of aliphatic carboxylic acids is 1. The van der Waals surface area contributed by atoms with E-state index >= 15 is 0 Å². The lowest BCUT2D eigenvalue weighted by atomic mass is 10.0. The van der Waals surface area contributed by atoms with E-state index in [9.17, 15) is 29.4 Å². The first-order valence-electron chi connectivity index (χ1n) is 13.0. The molecule has 9 N–H and O–H groups in total. The van der Waals surface area contributed by atoms with Crippen molar-refractivity contribution in [2.75, 3.05) is 6.54 Å². The van der Waals surface area contributed by atoms with Crippen molar-refractivity contribution in [1.82, 2.24) is 16.0 Å². The van der Waals surface area contributed by atoms with E-state index in [2.05, 4.69) is 16.0 Å². The number of nitrogens with one attached hydrogen (secondary N) is 3. The third-order valence-corrected chi connectivity index (χ3v) is 6.17. The van der Waals surface area contributed by atoms with Crippen LogP contribution in [0, 0.1) is 0 Å². The number of rotatable bonds is 16. The van der Waals surface area contributed by atoms with Gasteiger partial charge in [-0.05, 0) is 50.3 Å². The standard InChI is InChI=1S/C28H39N5O6/c1-18(34)24(27(37)32-23(28(38)39)17-20-12-6-3-7-13-20)33-26(36)22(14-8-9-15-29)31-25(35)21(30)16-19-10-4-2-5-11-19/h2-7,10-13,18,21-24,34H,8-9,14-17,29-30H2,1H3,(H,31,35)(H,32,37)(H,33,36)(H,38,39). The Hall–Kier alpha value is -3.80. The van der Waals surface area contributed by atoms with Crippen LogP contribution in [0.15, 0.2) is 60.7 Å². The Balaban J connectivity index is 2.09. The Kier molecular flexibility index (Phi) is 13.1. The van der Waals surface area contributed by atoms with Gasteiger partial charge >= 0.3 is 5.97 Å². The van der Waals surface area contributed by atoms with Crippen molar-refractivity contribution in [2.24, 2.45) is 11.5 Å². The molecule has 2 rings (SSSR count). The maximum absolute atomic E-state index is 13.2. The van der Waals surface area contributed by atoms with Gasteiger partial charge in [0.15, 0.2) is 0 Å². The number of carboxylic acid groups (broad SMARTS) is 1. The number of nitrogens with two attached hydrogens (primary N) is 2. The van der Waals surface area contributed by atoms with E-state index in [1.165, 1.54) is 6.92 Å². The molecule has 0 aromatic heterocycles. The summed E-state index contributed by atoms with van der Waals surface area (Å²) >= 11 is 0. The number of amides is 3. The first-order valence-corrected chi connectivity index (χ1v) is 13.0. The Labute approximate surface area is 228 Å². The molecule has 0 bridgehead atoms. The number of hydrogen-bond acceptors (Lipinski definition) is 7. The summed E-state index contributed by atoms with van der Waals surface area (Å²) in [6.45, 7) is 1.70. The zero-order valence-corrected chi connectivity index (χ0v) is 22.1. The molecule has 212 valence electrons. The van der Waals surface area contributed by atoms with Gasteiger partial charge in [0, 0.05) is 6.42 Å². The van der Waals surface area contributed by atoms with Gasteiger partial charge in [0.1, 0.15) is 18.1 Å². The van der Waals surface area contributed by atoms with Crippen molar-refractivity contribution >= 4 is 23.7 Å². The van der Waals surface area contributed by atoms with E-state index in [0.717, 1.165) is 5.56 Å². The topological polar surface area (TPSA) is 197 Å². The zero-order valence-electron chi connectivity index (χ0n) is 22.1. The van der Waals surface area contributed by atoms with Crippen LogP contribution in [-0.4, -0.2) is 70.7 Å². The Morgan fingerprint density at radius 1 is 0.769 bits per heavy atom. The molecule has 0 aliphatic carbocycles. The molecule has 0 aliphatic rings. The van der Waals surface area contributed by atoms with Crippen LogP contribution in [-0.2, 0) is 32.0 Å². The SMILES string of the molecule is CC(O)C(NC(=O)C(CCCCN)NC(=O)C(N)Cc1ccccc1)C(=O)NC(Cc1ccccc1)C(=O)O. The summed E-state index contributed by atoms with van der Waals surface area (Å²) in [5, 5.41) is 27.4. The molecule has 0 heterocycles. The summed E-state index contributed by atoms with van der Waals surface area (Å²) in [5.41, 5.74) is 13.2. The second-order valence-corrected chi connectivity index (χ2v) is 9.46. The molecule has 0 radical (unpaired) electrons. The molecule has 5 atom stereocenters. The first kappa shape index (κ1) is 31.4. The predicted molar refractivity (Wildman–Crippen MR) is 146 cm³/mol. The van der Waals surface area contributed by atoms with Gasteiger partial charge in [-0.2, -0.15) is 0 Å². The summed E-state index contributed by atoms with van der Waals surface area (Å²) < 4.78 is 0. The molecule has 2 aromatic carbocycles. The summed E-state index contributed by atoms with van der Waals surface area (Å²) in [6, 6.07) is 13.2. The molecular weight excluding hydrogens is 502 g/mol. The Bertz CT molecular complexity index is 1070. The molecule has 39 heavy (non-hydrogen) atoms. The molecular formula is C28H39N5O6. The molecule has 0 saturated heterocycles. The number of hydrogen-bond donors (Lipinski definition) is 7. The van der Waals surface area contributed by atoms with Crippen LogP contribution in [0.25, 0.3) is 0 Å². The minimum Gasteiger partial charge on any atom is -0.480 e. The smallest absolute Gasteiger partial charge is 0.326 e. The number of unbranched alkanes of at least 4 members (excludes halogenated alkanes) is 1. The van der Waals surface area contributed by atoms with Gasteiger partial charge in [0.05, 0.1) is 12.1 Å². The molecule has 11 heteroatoms. The van der Waals surface area contributed by atoms with Gasteiger partial charge in [-0.3, -0.25) is 14.4 Å². The maximum Gasteiger partial charge on any atom is 0.326 e. The molecule has 0 aliphatic heterocycles. The summed E-state index contributed by atoms with van der Waals surface area (Å²) in [6.07, 6.45) is 0.288.